The number of hydrogen-bond donors (Lipinski definition) is 1. The van der Waals surface area contributed by atoms with Crippen LogP contribution in [0.3, 0.4) is 0 Å². The number of rotatable bonds is 5. The smallest absolute Gasteiger partial charge is 0.127 e. The monoisotopic (exact) mass is 425 g/mol. The fraction of sp³-hybridized carbons (Fsp3) is 0.241. The van der Waals surface area contributed by atoms with Crippen LogP contribution in [0.2, 0.25) is 0 Å². The van der Waals surface area contributed by atoms with Gasteiger partial charge in [0.05, 0.1) is 0 Å². The summed E-state index contributed by atoms with van der Waals surface area (Å²) in [6, 6.07) is 26.4. The van der Waals surface area contributed by atoms with Crippen LogP contribution in [-0.4, -0.2) is 12.6 Å². The fourth-order valence-corrected chi connectivity index (χ4v) is 4.94. The van der Waals surface area contributed by atoms with E-state index in [0.717, 1.165) is 41.0 Å². The second kappa shape index (κ2) is 8.76. The Hall–Kier alpha value is -3.17. The standard InChI is InChI=1S/C29H28FNO/c1-19-14-15-27(30)29(20(19)2)26-16-23(32-28-13-6-5-12-25(26)28)18-31-17-22-10-7-9-21-8-3-4-11-24(21)22/h3-15,23,26,31H,16-18H2,1-2H3. The highest BCUT2D eigenvalue weighted by Crippen LogP contribution is 2.42. The van der Waals surface area contributed by atoms with Gasteiger partial charge in [-0.25, -0.2) is 4.39 Å². The molecule has 1 N–H and O–H groups in total. The van der Waals surface area contributed by atoms with E-state index in [-0.39, 0.29) is 17.8 Å². The van der Waals surface area contributed by atoms with Crippen LogP contribution >= 0.6 is 0 Å². The Morgan fingerprint density at radius 1 is 0.906 bits per heavy atom. The van der Waals surface area contributed by atoms with Gasteiger partial charge < -0.3 is 10.1 Å². The van der Waals surface area contributed by atoms with Crippen LogP contribution in [-0.2, 0) is 6.54 Å². The lowest BCUT2D eigenvalue weighted by atomic mass is 9.81. The van der Waals surface area contributed by atoms with Gasteiger partial charge in [0.25, 0.3) is 0 Å². The number of nitrogens with one attached hydrogen (secondary N) is 1. The second-order valence-corrected chi connectivity index (χ2v) is 8.74. The SMILES string of the molecule is Cc1ccc(F)c(C2CC(CNCc3cccc4ccccc34)Oc3ccccc32)c1C. The van der Waals surface area contributed by atoms with Gasteiger partial charge in [0.2, 0.25) is 0 Å². The van der Waals surface area contributed by atoms with Crippen molar-refractivity contribution < 1.29 is 9.13 Å². The summed E-state index contributed by atoms with van der Waals surface area (Å²) < 4.78 is 21.3. The molecule has 2 nitrogen and oxygen atoms in total. The van der Waals surface area contributed by atoms with E-state index >= 15 is 4.39 Å². The third-order valence-electron chi connectivity index (χ3n) is 6.73. The van der Waals surface area contributed by atoms with Gasteiger partial charge in [-0.05, 0) is 65.4 Å². The van der Waals surface area contributed by atoms with Crippen molar-refractivity contribution in [1.29, 1.82) is 0 Å². The number of halogens is 1. The van der Waals surface area contributed by atoms with Crippen molar-refractivity contribution in [2.24, 2.45) is 0 Å². The number of aryl methyl sites for hydroxylation is 1. The van der Waals surface area contributed by atoms with E-state index in [9.17, 15) is 0 Å². The maximum atomic E-state index is 15.0. The van der Waals surface area contributed by atoms with Crippen LogP contribution in [0, 0.1) is 19.7 Å². The highest BCUT2D eigenvalue weighted by Gasteiger charge is 2.32. The first kappa shape index (κ1) is 20.7. The molecule has 4 aromatic rings. The average Bonchev–Trinajstić information content (AvgIpc) is 2.82. The molecule has 0 spiro atoms. The average molecular weight is 426 g/mol. The number of benzene rings is 4. The summed E-state index contributed by atoms with van der Waals surface area (Å²) in [7, 11) is 0. The molecule has 0 radical (unpaired) electrons. The summed E-state index contributed by atoms with van der Waals surface area (Å²) in [6.45, 7) is 5.55. The predicted octanol–water partition coefficient (Wildman–Crippen LogP) is 6.67. The van der Waals surface area contributed by atoms with Crippen molar-refractivity contribution in [3.63, 3.8) is 0 Å². The maximum absolute atomic E-state index is 15.0. The fourth-order valence-electron chi connectivity index (χ4n) is 4.94. The molecule has 4 aromatic carbocycles. The van der Waals surface area contributed by atoms with Crippen molar-refractivity contribution in [1.82, 2.24) is 5.32 Å². The number of fused-ring (bicyclic) bond motifs is 2. The lowest BCUT2D eigenvalue weighted by molar-refractivity contribution is 0.161. The summed E-state index contributed by atoms with van der Waals surface area (Å²) in [6.07, 6.45) is 0.727. The summed E-state index contributed by atoms with van der Waals surface area (Å²) in [5.41, 5.74) is 5.31. The zero-order valence-corrected chi connectivity index (χ0v) is 18.6. The molecule has 0 bridgehead atoms. The molecule has 1 heterocycles. The Balaban J connectivity index is 1.38. The number of hydrogen-bond acceptors (Lipinski definition) is 2. The first-order chi connectivity index (χ1) is 15.6. The van der Waals surface area contributed by atoms with E-state index < -0.39 is 0 Å². The van der Waals surface area contributed by atoms with Gasteiger partial charge in [-0.3, -0.25) is 0 Å². The van der Waals surface area contributed by atoms with Gasteiger partial charge in [0.1, 0.15) is 17.7 Å². The molecule has 2 atom stereocenters. The van der Waals surface area contributed by atoms with Gasteiger partial charge in [-0.1, -0.05) is 66.7 Å². The molecule has 162 valence electrons. The van der Waals surface area contributed by atoms with E-state index in [0.29, 0.717) is 6.54 Å². The van der Waals surface area contributed by atoms with E-state index in [1.54, 1.807) is 6.07 Å². The van der Waals surface area contributed by atoms with Crippen LogP contribution in [0.4, 0.5) is 4.39 Å². The Labute approximate surface area is 189 Å². The molecule has 1 aliphatic heterocycles. The van der Waals surface area contributed by atoms with Crippen LogP contribution in [0.1, 0.15) is 40.2 Å². The minimum absolute atomic E-state index is 0.00999. The molecule has 0 aliphatic carbocycles. The summed E-state index contributed by atoms with van der Waals surface area (Å²) in [5, 5.41) is 6.11. The Kier molecular flexibility index (Phi) is 5.67. The highest BCUT2D eigenvalue weighted by molar-refractivity contribution is 5.85. The maximum Gasteiger partial charge on any atom is 0.127 e. The molecule has 2 unspecified atom stereocenters. The Bertz CT molecular complexity index is 1260. The third kappa shape index (κ3) is 3.89. The van der Waals surface area contributed by atoms with Crippen molar-refractivity contribution in [3.05, 3.63) is 112 Å². The zero-order chi connectivity index (χ0) is 22.1. The van der Waals surface area contributed by atoms with Gasteiger partial charge in [-0.2, -0.15) is 0 Å². The Morgan fingerprint density at radius 3 is 2.59 bits per heavy atom. The molecule has 0 saturated heterocycles. The molecular weight excluding hydrogens is 397 g/mol. The lowest BCUT2D eigenvalue weighted by Gasteiger charge is -2.34. The van der Waals surface area contributed by atoms with Gasteiger partial charge in [-0.15, -0.1) is 0 Å². The van der Waals surface area contributed by atoms with E-state index in [1.165, 1.54) is 16.3 Å². The topological polar surface area (TPSA) is 21.3 Å². The molecule has 0 aromatic heterocycles. The molecule has 0 amide bonds. The van der Waals surface area contributed by atoms with E-state index in [4.69, 9.17) is 4.74 Å². The normalized spacial score (nSPS) is 17.7. The summed E-state index contributed by atoms with van der Waals surface area (Å²) >= 11 is 0. The van der Waals surface area contributed by atoms with E-state index in [1.807, 2.05) is 38.1 Å². The van der Waals surface area contributed by atoms with Crippen LogP contribution in [0.25, 0.3) is 10.8 Å². The zero-order valence-electron chi connectivity index (χ0n) is 18.6. The highest BCUT2D eigenvalue weighted by atomic mass is 19.1. The third-order valence-corrected chi connectivity index (χ3v) is 6.73. The van der Waals surface area contributed by atoms with Crippen LogP contribution in [0.15, 0.2) is 78.9 Å². The van der Waals surface area contributed by atoms with Crippen LogP contribution < -0.4 is 10.1 Å². The van der Waals surface area contributed by atoms with Crippen molar-refractivity contribution >= 4 is 10.8 Å². The molecule has 1 aliphatic rings. The molecule has 32 heavy (non-hydrogen) atoms. The lowest BCUT2D eigenvalue weighted by Crippen LogP contribution is -2.36. The van der Waals surface area contributed by atoms with Crippen molar-refractivity contribution in [3.8, 4) is 5.75 Å². The molecule has 0 saturated carbocycles. The molecule has 5 rings (SSSR count). The quantitative estimate of drug-likeness (QED) is 0.386. The van der Waals surface area contributed by atoms with Crippen molar-refractivity contribution in [2.75, 3.05) is 6.54 Å². The first-order valence-corrected chi connectivity index (χ1v) is 11.3. The second-order valence-electron chi connectivity index (χ2n) is 8.74. The molecular formula is C29H28FNO. The summed E-state index contributed by atoms with van der Waals surface area (Å²) in [5.74, 6) is 0.725. The largest absolute Gasteiger partial charge is 0.489 e. The predicted molar refractivity (Wildman–Crippen MR) is 129 cm³/mol. The van der Waals surface area contributed by atoms with Gasteiger partial charge in [0.15, 0.2) is 0 Å². The Morgan fingerprint density at radius 2 is 1.69 bits per heavy atom. The number of para-hydroxylation sites is 1. The van der Waals surface area contributed by atoms with E-state index in [2.05, 4.69) is 53.8 Å². The minimum atomic E-state index is -0.128. The van der Waals surface area contributed by atoms with Crippen molar-refractivity contribution in [2.45, 2.75) is 38.8 Å². The van der Waals surface area contributed by atoms with Crippen LogP contribution in [0.5, 0.6) is 5.75 Å². The minimum Gasteiger partial charge on any atom is -0.489 e. The number of ether oxygens (including phenoxy) is 1. The van der Waals surface area contributed by atoms with Gasteiger partial charge >= 0.3 is 0 Å². The van der Waals surface area contributed by atoms with Gasteiger partial charge in [0, 0.05) is 24.6 Å². The molecule has 0 fully saturated rings. The summed E-state index contributed by atoms with van der Waals surface area (Å²) in [4.78, 5) is 0. The first-order valence-electron chi connectivity index (χ1n) is 11.3. The molecule has 3 heteroatoms.